The summed E-state index contributed by atoms with van der Waals surface area (Å²) >= 11 is 11.4. The number of alkyl halides is 3. The van der Waals surface area contributed by atoms with Gasteiger partial charge in [0.2, 0.25) is 18.0 Å². The average molecular weight is 1210 g/mol. The van der Waals surface area contributed by atoms with Crippen LogP contribution in [0, 0.1) is 48.5 Å². The number of urea groups is 1. The number of carbonyl (C=O) groups excluding carboxylic acids is 4. The number of nitrogens with one attached hydrogen (secondary N) is 6. The lowest BCUT2D eigenvalue weighted by molar-refractivity contribution is -0.137. The Morgan fingerprint density at radius 2 is 1.04 bits per heavy atom. The molecule has 0 saturated heterocycles. The number of benzene rings is 4. The molecule has 0 spiro atoms. The van der Waals surface area contributed by atoms with E-state index in [1.807, 2.05) is 66.7 Å². The molecule has 2 amide bonds. The SMILES string of the molecule is Cc1cc(N=C=O)ccc1Cl.Cc1ccc(N)cc1Nc1ncc(C)c(Nc2cc(C)n(C(=O)OC(C)(C)C)n2)n1.Cc1ccc(NC(=O)Nc2ccc(Cl)c(C(F)(F)F)c2)cc1Nc1ncc(C)c(Nc2cc(C)n(C(=O)OC(C)(C)C)n2)n1. The molecule has 0 fully saturated rings. The number of anilines is 11. The van der Waals surface area contributed by atoms with Gasteiger partial charge in [-0.25, -0.2) is 29.1 Å². The van der Waals surface area contributed by atoms with Gasteiger partial charge in [-0.15, -0.1) is 10.2 Å². The number of halogens is 5. The molecular weight excluding hydrogens is 1140 g/mol. The zero-order valence-corrected chi connectivity index (χ0v) is 50.2. The predicted molar refractivity (Wildman–Crippen MR) is 324 cm³/mol. The maximum Gasteiger partial charge on any atom is 0.435 e. The molecular formula is C58H63Cl2F3N16O6. The van der Waals surface area contributed by atoms with Crippen molar-refractivity contribution in [3.63, 3.8) is 0 Å². The van der Waals surface area contributed by atoms with Crippen LogP contribution in [0.25, 0.3) is 0 Å². The average Bonchev–Trinajstić information content (AvgIpc) is 3.48. The molecule has 4 aromatic carbocycles. The largest absolute Gasteiger partial charge is 0.442 e. The molecule has 85 heavy (non-hydrogen) atoms. The Labute approximate surface area is 498 Å². The van der Waals surface area contributed by atoms with E-state index in [0.29, 0.717) is 73.9 Å². The maximum absolute atomic E-state index is 13.2. The fourth-order valence-electron chi connectivity index (χ4n) is 7.27. The lowest BCUT2D eigenvalue weighted by Gasteiger charge is -2.19. The van der Waals surface area contributed by atoms with E-state index in [9.17, 15) is 32.3 Å². The van der Waals surface area contributed by atoms with Crippen molar-refractivity contribution in [3.8, 4) is 0 Å². The van der Waals surface area contributed by atoms with Crippen molar-refractivity contribution in [1.82, 2.24) is 39.5 Å². The third-order valence-corrected chi connectivity index (χ3v) is 12.2. The molecule has 0 aliphatic rings. The van der Waals surface area contributed by atoms with Crippen LogP contribution in [0.1, 0.15) is 86.3 Å². The van der Waals surface area contributed by atoms with Crippen LogP contribution in [0.4, 0.5) is 96.8 Å². The van der Waals surface area contributed by atoms with Gasteiger partial charge in [-0.3, -0.25) is 0 Å². The highest BCUT2D eigenvalue weighted by atomic mass is 35.5. The number of nitrogens with zero attached hydrogens (tertiary/aromatic N) is 9. The number of aryl methyl sites for hydroxylation is 7. The molecule has 8 N–H and O–H groups in total. The summed E-state index contributed by atoms with van der Waals surface area (Å²) in [7, 11) is 0. The zero-order chi connectivity index (χ0) is 62.7. The zero-order valence-electron chi connectivity index (χ0n) is 48.7. The van der Waals surface area contributed by atoms with Crippen LogP contribution in [-0.2, 0) is 20.4 Å². The minimum absolute atomic E-state index is 0.0797. The molecule has 8 rings (SSSR count). The molecule has 27 heteroatoms. The smallest absolute Gasteiger partial charge is 0.435 e. The molecule has 0 aliphatic heterocycles. The highest BCUT2D eigenvalue weighted by Crippen LogP contribution is 2.36. The topological polar surface area (TPSA) is 284 Å². The van der Waals surface area contributed by atoms with Crippen molar-refractivity contribution >= 4 is 117 Å². The van der Waals surface area contributed by atoms with Gasteiger partial charge >= 0.3 is 24.4 Å². The van der Waals surface area contributed by atoms with E-state index < -0.39 is 46.2 Å². The third kappa shape index (κ3) is 19.0. The van der Waals surface area contributed by atoms with Crippen molar-refractivity contribution in [2.45, 2.75) is 107 Å². The monoisotopic (exact) mass is 1210 g/mol. The number of aliphatic imine (C=N–C) groups is 1. The number of hydrogen-bond acceptors (Lipinski definition) is 18. The van der Waals surface area contributed by atoms with E-state index in [0.717, 1.165) is 44.8 Å². The van der Waals surface area contributed by atoms with Crippen molar-refractivity contribution in [2.75, 3.05) is 37.6 Å². The summed E-state index contributed by atoms with van der Waals surface area (Å²) in [5.74, 6) is 2.50. The number of carbonyl (C=O) groups is 3. The molecule has 4 aromatic heterocycles. The molecule has 0 radical (unpaired) electrons. The summed E-state index contributed by atoms with van der Waals surface area (Å²) in [6.07, 6.45) is -1.05. The number of isocyanates is 1. The van der Waals surface area contributed by atoms with Gasteiger partial charge < -0.3 is 47.1 Å². The quantitative estimate of drug-likeness (QED) is 0.0360. The van der Waals surface area contributed by atoms with Crippen LogP contribution in [0.2, 0.25) is 10.0 Å². The van der Waals surface area contributed by atoms with Gasteiger partial charge in [0, 0.05) is 80.5 Å². The Kier molecular flexibility index (Phi) is 20.7. The van der Waals surface area contributed by atoms with Gasteiger partial charge in [0.25, 0.3) is 0 Å². The summed E-state index contributed by atoms with van der Waals surface area (Å²) in [6.45, 7) is 23.6. The van der Waals surface area contributed by atoms with E-state index >= 15 is 0 Å². The molecule has 0 unspecified atom stereocenters. The highest BCUT2D eigenvalue weighted by molar-refractivity contribution is 6.31. The van der Waals surface area contributed by atoms with Crippen LogP contribution >= 0.6 is 23.2 Å². The number of hydrogen-bond donors (Lipinski definition) is 7. The molecule has 8 aromatic rings. The van der Waals surface area contributed by atoms with Crippen LogP contribution < -0.4 is 37.6 Å². The van der Waals surface area contributed by atoms with E-state index in [-0.39, 0.29) is 11.6 Å². The van der Waals surface area contributed by atoms with Gasteiger partial charge in [-0.2, -0.15) is 37.5 Å². The number of ether oxygens (including phenoxy) is 2. The molecule has 0 saturated carbocycles. The molecule has 0 bridgehead atoms. The number of aromatic nitrogens is 8. The van der Waals surface area contributed by atoms with Gasteiger partial charge in [0.1, 0.15) is 22.8 Å². The molecule has 0 atom stereocenters. The Balaban J connectivity index is 0.000000241. The Morgan fingerprint density at radius 3 is 1.51 bits per heavy atom. The normalized spacial score (nSPS) is 11.1. The van der Waals surface area contributed by atoms with Crippen molar-refractivity contribution in [3.05, 3.63) is 152 Å². The first-order valence-corrected chi connectivity index (χ1v) is 26.6. The molecule has 0 aliphatic carbocycles. The van der Waals surface area contributed by atoms with Gasteiger partial charge in [-0.05, 0) is 167 Å². The second-order valence-electron chi connectivity index (χ2n) is 21.1. The first-order valence-electron chi connectivity index (χ1n) is 25.8. The number of nitrogen functional groups attached to an aromatic ring is 1. The van der Waals surface area contributed by atoms with E-state index in [1.54, 1.807) is 102 Å². The summed E-state index contributed by atoms with van der Waals surface area (Å²) in [4.78, 5) is 68.4. The van der Waals surface area contributed by atoms with Gasteiger partial charge in [-0.1, -0.05) is 35.3 Å². The van der Waals surface area contributed by atoms with Crippen molar-refractivity contribution in [2.24, 2.45) is 4.99 Å². The van der Waals surface area contributed by atoms with Crippen LogP contribution in [0.15, 0.2) is 102 Å². The van der Waals surface area contributed by atoms with Crippen LogP contribution in [-0.4, -0.2) is 75.0 Å². The lowest BCUT2D eigenvalue weighted by atomic mass is 10.2. The minimum atomic E-state index is -4.67. The number of amides is 2. The van der Waals surface area contributed by atoms with Crippen molar-refractivity contribution in [1.29, 1.82) is 0 Å². The Morgan fingerprint density at radius 1 is 0.576 bits per heavy atom. The fourth-order valence-corrected chi connectivity index (χ4v) is 7.61. The molecule has 4 heterocycles. The van der Waals surface area contributed by atoms with Crippen LogP contribution in [0.5, 0.6) is 0 Å². The minimum Gasteiger partial charge on any atom is -0.442 e. The summed E-state index contributed by atoms with van der Waals surface area (Å²) < 4.78 is 52.7. The third-order valence-electron chi connectivity index (χ3n) is 11.4. The molecule has 446 valence electrons. The Hall–Kier alpha value is -9.58. The maximum atomic E-state index is 13.2. The molecule has 22 nitrogen and oxygen atoms in total. The van der Waals surface area contributed by atoms with Crippen LogP contribution in [0.3, 0.4) is 0 Å². The van der Waals surface area contributed by atoms with E-state index in [1.165, 1.54) is 16.8 Å². The van der Waals surface area contributed by atoms with E-state index in [2.05, 4.69) is 67.0 Å². The summed E-state index contributed by atoms with van der Waals surface area (Å²) in [5, 5.41) is 26.3. The highest BCUT2D eigenvalue weighted by Gasteiger charge is 2.33. The van der Waals surface area contributed by atoms with E-state index in [4.69, 9.17) is 38.4 Å². The Bertz CT molecular complexity index is 3810. The first kappa shape index (κ1) is 64.6. The van der Waals surface area contributed by atoms with Gasteiger partial charge in [0.05, 0.1) is 16.3 Å². The number of rotatable bonds is 11. The first-order chi connectivity index (χ1) is 39.7. The summed E-state index contributed by atoms with van der Waals surface area (Å²) in [6, 6.07) is 21.5. The second-order valence-corrected chi connectivity index (χ2v) is 21.9. The fraction of sp³-hybridized carbons (Fsp3) is 0.276. The summed E-state index contributed by atoms with van der Waals surface area (Å²) in [5.41, 5.74) is 11.9. The number of nitrogens with two attached hydrogens (primary N) is 1. The van der Waals surface area contributed by atoms with Gasteiger partial charge in [0.15, 0.2) is 11.6 Å². The lowest BCUT2D eigenvalue weighted by Crippen LogP contribution is -2.28. The standard InChI is InChI=1S/C29H30ClF3N8O3.C21H27N7O2.C8H6ClNO/c1-15-7-8-19(36-26(42)35-18-9-10-21(30)20(12-18)29(31,32)33)13-22(15)37-25-34-14-16(2)24(39-25)38-23-11-17(3)41(40-23)27(43)44-28(4,5)6;1-12-7-8-15(22)10-16(12)24-19-23-11-13(2)18(26-19)25-17-9-14(3)28(27-17)20(29)30-21(4,5)6;1-6-4-7(10-5-11)2-3-8(6)9/h7-14H,1-6H3,(H2,35,36,42)(H2,34,37,38,39,40);7-11H,22H2,1-6H3,(H2,23,24,25,26,27);2-4H,1H3. The van der Waals surface area contributed by atoms with Crippen molar-refractivity contribution < 1.29 is 41.8 Å². The second kappa shape index (κ2) is 27.2. The predicted octanol–water partition coefficient (Wildman–Crippen LogP) is 15.3.